The first kappa shape index (κ1) is 12.2. The van der Waals surface area contributed by atoms with Gasteiger partial charge in [0.05, 0.1) is 0 Å². The van der Waals surface area contributed by atoms with Gasteiger partial charge in [-0.2, -0.15) is 0 Å². The predicted molar refractivity (Wildman–Crippen MR) is 63.6 cm³/mol. The van der Waals surface area contributed by atoms with Crippen LogP contribution in [0.15, 0.2) is 0 Å². The van der Waals surface area contributed by atoms with E-state index >= 15 is 0 Å². The number of hydrogen-bond acceptors (Lipinski definition) is 2. The molecule has 0 spiro atoms. The highest BCUT2D eigenvalue weighted by Gasteiger charge is 2.41. The van der Waals surface area contributed by atoms with E-state index in [-0.39, 0.29) is 5.91 Å². The summed E-state index contributed by atoms with van der Waals surface area (Å²) in [4.78, 5) is 14.3. The van der Waals surface area contributed by atoms with Crippen LogP contribution in [0.25, 0.3) is 0 Å². The van der Waals surface area contributed by atoms with E-state index in [4.69, 9.17) is 16.3 Å². The third kappa shape index (κ3) is 2.35. The van der Waals surface area contributed by atoms with E-state index < -0.39 is 5.60 Å². The molecule has 92 valence electrons. The quantitative estimate of drug-likeness (QED) is 0.697. The minimum atomic E-state index is -0.561. The standard InChI is InChI=1S/C12H20ClNO2/c1-12(5-3-7-16-12)11(15)14-6-2-4-10(8-13)9-14/h10H,2-9H2,1H3. The molecule has 2 rings (SSSR count). The fraction of sp³-hybridized carbons (Fsp3) is 0.917. The molecule has 0 aromatic heterocycles. The minimum Gasteiger partial charge on any atom is -0.365 e. The lowest BCUT2D eigenvalue weighted by Gasteiger charge is -2.36. The van der Waals surface area contributed by atoms with Crippen LogP contribution in [-0.2, 0) is 9.53 Å². The molecule has 2 fully saturated rings. The van der Waals surface area contributed by atoms with Crippen LogP contribution < -0.4 is 0 Å². The van der Waals surface area contributed by atoms with Crippen molar-refractivity contribution in [1.29, 1.82) is 0 Å². The summed E-state index contributed by atoms with van der Waals surface area (Å²) < 4.78 is 5.60. The van der Waals surface area contributed by atoms with Crippen molar-refractivity contribution >= 4 is 17.5 Å². The molecule has 2 aliphatic heterocycles. The molecule has 4 heteroatoms. The number of hydrogen-bond donors (Lipinski definition) is 0. The number of ether oxygens (including phenoxy) is 1. The highest BCUT2D eigenvalue weighted by molar-refractivity contribution is 6.18. The van der Waals surface area contributed by atoms with Gasteiger partial charge in [-0.15, -0.1) is 11.6 Å². The Balaban J connectivity index is 1.98. The van der Waals surface area contributed by atoms with Crippen LogP contribution in [0.4, 0.5) is 0 Å². The Hall–Kier alpha value is -0.280. The smallest absolute Gasteiger partial charge is 0.254 e. The van der Waals surface area contributed by atoms with Crippen LogP contribution in [0.1, 0.15) is 32.6 Å². The van der Waals surface area contributed by atoms with E-state index in [0.717, 1.165) is 45.4 Å². The van der Waals surface area contributed by atoms with Crippen molar-refractivity contribution in [1.82, 2.24) is 4.90 Å². The fourth-order valence-corrected chi connectivity index (χ4v) is 2.91. The maximum absolute atomic E-state index is 12.3. The zero-order valence-corrected chi connectivity index (χ0v) is 10.6. The molecule has 0 bridgehead atoms. The Bertz CT molecular complexity index is 264. The number of carbonyl (C=O) groups is 1. The summed E-state index contributed by atoms with van der Waals surface area (Å²) in [6.07, 6.45) is 4.06. The van der Waals surface area contributed by atoms with Crippen molar-refractivity contribution in [3.8, 4) is 0 Å². The molecular weight excluding hydrogens is 226 g/mol. The zero-order valence-electron chi connectivity index (χ0n) is 9.88. The second kappa shape index (κ2) is 4.92. The molecule has 2 atom stereocenters. The number of alkyl halides is 1. The molecule has 0 saturated carbocycles. The second-order valence-electron chi connectivity index (χ2n) is 5.10. The normalized spacial score (nSPS) is 35.4. The molecule has 2 saturated heterocycles. The van der Waals surface area contributed by atoms with E-state index in [9.17, 15) is 4.79 Å². The molecule has 2 aliphatic rings. The Labute approximate surface area is 102 Å². The number of halogens is 1. The number of piperidine rings is 1. The van der Waals surface area contributed by atoms with Crippen LogP contribution in [0.2, 0.25) is 0 Å². The summed E-state index contributed by atoms with van der Waals surface area (Å²) in [5, 5.41) is 0. The van der Waals surface area contributed by atoms with Crippen LogP contribution >= 0.6 is 11.6 Å². The number of amides is 1. The molecule has 1 amide bonds. The average molecular weight is 246 g/mol. The van der Waals surface area contributed by atoms with Gasteiger partial charge in [-0.1, -0.05) is 0 Å². The minimum absolute atomic E-state index is 0.166. The van der Waals surface area contributed by atoms with Crippen molar-refractivity contribution in [3.63, 3.8) is 0 Å². The van der Waals surface area contributed by atoms with Gasteiger partial charge >= 0.3 is 0 Å². The van der Waals surface area contributed by atoms with Crippen LogP contribution in [0.3, 0.4) is 0 Å². The van der Waals surface area contributed by atoms with Gasteiger partial charge in [0.1, 0.15) is 5.60 Å². The molecular formula is C12H20ClNO2. The first-order valence-corrected chi connectivity index (χ1v) is 6.68. The Kier molecular flexibility index (Phi) is 3.75. The monoisotopic (exact) mass is 245 g/mol. The van der Waals surface area contributed by atoms with Gasteiger partial charge in [0.25, 0.3) is 5.91 Å². The van der Waals surface area contributed by atoms with Gasteiger partial charge in [-0.05, 0) is 38.5 Å². The number of carbonyl (C=O) groups excluding carboxylic acids is 1. The van der Waals surface area contributed by atoms with Gasteiger partial charge < -0.3 is 9.64 Å². The lowest BCUT2D eigenvalue weighted by Crippen LogP contribution is -2.50. The molecule has 0 aromatic rings. The van der Waals surface area contributed by atoms with Gasteiger partial charge in [0.2, 0.25) is 0 Å². The van der Waals surface area contributed by atoms with Crippen LogP contribution in [0.5, 0.6) is 0 Å². The lowest BCUT2D eigenvalue weighted by molar-refractivity contribution is -0.152. The molecule has 0 N–H and O–H groups in total. The third-order valence-electron chi connectivity index (χ3n) is 3.70. The van der Waals surface area contributed by atoms with Gasteiger partial charge in [0, 0.05) is 25.6 Å². The second-order valence-corrected chi connectivity index (χ2v) is 5.41. The molecule has 2 unspecified atom stereocenters. The largest absolute Gasteiger partial charge is 0.365 e. The van der Waals surface area contributed by atoms with E-state index in [2.05, 4.69) is 0 Å². The summed E-state index contributed by atoms with van der Waals surface area (Å²) in [5.74, 6) is 1.28. The summed E-state index contributed by atoms with van der Waals surface area (Å²) in [6.45, 7) is 4.31. The Morgan fingerprint density at radius 1 is 1.56 bits per heavy atom. The molecule has 0 aromatic carbocycles. The summed E-state index contributed by atoms with van der Waals surface area (Å²) in [6, 6.07) is 0. The highest BCUT2D eigenvalue weighted by atomic mass is 35.5. The fourth-order valence-electron chi connectivity index (χ4n) is 2.66. The summed E-state index contributed by atoms with van der Waals surface area (Å²) >= 11 is 5.88. The van der Waals surface area contributed by atoms with Crippen molar-refractivity contribution in [2.24, 2.45) is 5.92 Å². The maximum Gasteiger partial charge on any atom is 0.254 e. The highest BCUT2D eigenvalue weighted by Crippen LogP contribution is 2.29. The van der Waals surface area contributed by atoms with E-state index in [1.165, 1.54) is 0 Å². The average Bonchev–Trinajstić information content (AvgIpc) is 2.76. The first-order chi connectivity index (χ1) is 7.65. The molecule has 0 radical (unpaired) electrons. The van der Waals surface area contributed by atoms with Gasteiger partial charge in [-0.25, -0.2) is 0 Å². The third-order valence-corrected chi connectivity index (χ3v) is 4.13. The van der Waals surface area contributed by atoms with Gasteiger partial charge in [-0.3, -0.25) is 4.79 Å². The van der Waals surface area contributed by atoms with Crippen molar-refractivity contribution < 1.29 is 9.53 Å². The van der Waals surface area contributed by atoms with Crippen molar-refractivity contribution in [3.05, 3.63) is 0 Å². The molecule has 3 nitrogen and oxygen atoms in total. The van der Waals surface area contributed by atoms with Crippen LogP contribution in [-0.4, -0.2) is 42.0 Å². The predicted octanol–water partition coefficient (Wildman–Crippen LogP) is 2.03. The Morgan fingerprint density at radius 2 is 2.38 bits per heavy atom. The number of nitrogens with zero attached hydrogens (tertiary/aromatic N) is 1. The van der Waals surface area contributed by atoms with E-state index in [1.807, 2.05) is 11.8 Å². The summed E-state index contributed by atoms with van der Waals surface area (Å²) in [5.41, 5.74) is -0.561. The Morgan fingerprint density at radius 3 is 3.00 bits per heavy atom. The summed E-state index contributed by atoms with van der Waals surface area (Å²) in [7, 11) is 0. The number of likely N-dealkylation sites (tertiary alicyclic amines) is 1. The van der Waals surface area contributed by atoms with Gasteiger partial charge in [0.15, 0.2) is 0 Å². The zero-order chi connectivity index (χ0) is 11.6. The van der Waals surface area contributed by atoms with E-state index in [0.29, 0.717) is 11.8 Å². The number of rotatable bonds is 2. The van der Waals surface area contributed by atoms with Crippen LogP contribution in [0, 0.1) is 5.92 Å². The lowest BCUT2D eigenvalue weighted by atomic mass is 9.95. The van der Waals surface area contributed by atoms with Crippen molar-refractivity contribution in [2.75, 3.05) is 25.6 Å². The topological polar surface area (TPSA) is 29.5 Å². The van der Waals surface area contributed by atoms with Crippen molar-refractivity contribution in [2.45, 2.75) is 38.2 Å². The SMILES string of the molecule is CC1(C(=O)N2CCCC(CCl)C2)CCCO1. The molecule has 2 heterocycles. The maximum atomic E-state index is 12.3. The molecule has 0 aliphatic carbocycles. The molecule has 16 heavy (non-hydrogen) atoms. The van der Waals surface area contributed by atoms with E-state index in [1.54, 1.807) is 0 Å². The first-order valence-electron chi connectivity index (χ1n) is 6.15.